The maximum atomic E-state index is 6.23. The van der Waals surface area contributed by atoms with Crippen LogP contribution in [0.25, 0.3) is 22.4 Å². The summed E-state index contributed by atoms with van der Waals surface area (Å²) in [5.41, 5.74) is 10.7. The normalized spacial score (nSPS) is 12.3. The number of nitrogens with two attached hydrogens (primary N) is 1. The lowest BCUT2D eigenvalue weighted by atomic mass is 10.0. The standard InChI is InChI=1S/C23H23ClN6/c1-29(2)14-20(16-6-4-3-5-7-16)30-13-18(12-28-30)22-21(23(25)27-15-26-22)17-8-10-19(24)11-9-17/h3-13,15,20H,14H2,1-2H3,(H2,25,26,27)/t20-/m0/s1. The van der Waals surface area contributed by atoms with Crippen LogP contribution < -0.4 is 5.73 Å². The Balaban J connectivity index is 1.77. The van der Waals surface area contributed by atoms with Crippen molar-refractivity contribution in [3.8, 4) is 22.4 Å². The average Bonchev–Trinajstić information content (AvgIpc) is 3.23. The Morgan fingerprint density at radius 2 is 1.73 bits per heavy atom. The van der Waals surface area contributed by atoms with Gasteiger partial charge in [-0.15, -0.1) is 0 Å². The second kappa shape index (κ2) is 8.65. The lowest BCUT2D eigenvalue weighted by molar-refractivity contribution is 0.337. The topological polar surface area (TPSA) is 72.9 Å². The zero-order valence-electron chi connectivity index (χ0n) is 16.9. The van der Waals surface area contributed by atoms with E-state index in [4.69, 9.17) is 17.3 Å². The molecule has 30 heavy (non-hydrogen) atoms. The van der Waals surface area contributed by atoms with Crippen LogP contribution in [-0.2, 0) is 0 Å². The van der Waals surface area contributed by atoms with Gasteiger partial charge in [-0.3, -0.25) is 4.68 Å². The fraction of sp³-hybridized carbons (Fsp3) is 0.174. The fourth-order valence-electron chi connectivity index (χ4n) is 3.51. The van der Waals surface area contributed by atoms with Crippen LogP contribution in [0.1, 0.15) is 11.6 Å². The molecule has 0 saturated carbocycles. The molecule has 0 aliphatic carbocycles. The third kappa shape index (κ3) is 4.20. The van der Waals surface area contributed by atoms with Gasteiger partial charge in [0.2, 0.25) is 0 Å². The van der Waals surface area contributed by atoms with Crippen LogP contribution in [0.15, 0.2) is 73.3 Å². The molecular weight excluding hydrogens is 396 g/mol. The molecule has 2 aromatic carbocycles. The Morgan fingerprint density at radius 1 is 1.00 bits per heavy atom. The molecule has 0 radical (unpaired) electrons. The second-order valence-electron chi connectivity index (χ2n) is 7.39. The van der Waals surface area contributed by atoms with Gasteiger partial charge in [-0.2, -0.15) is 5.10 Å². The van der Waals surface area contributed by atoms with E-state index in [2.05, 4.69) is 46.2 Å². The molecule has 4 rings (SSSR count). The number of nitrogens with zero attached hydrogens (tertiary/aromatic N) is 5. The van der Waals surface area contributed by atoms with E-state index < -0.39 is 0 Å². The first-order valence-corrected chi connectivity index (χ1v) is 10.0. The van der Waals surface area contributed by atoms with Gasteiger partial charge in [-0.05, 0) is 37.4 Å². The molecule has 0 aliphatic heterocycles. The number of benzene rings is 2. The summed E-state index contributed by atoms with van der Waals surface area (Å²) < 4.78 is 1.98. The summed E-state index contributed by atoms with van der Waals surface area (Å²) in [7, 11) is 4.12. The maximum absolute atomic E-state index is 6.23. The highest BCUT2D eigenvalue weighted by atomic mass is 35.5. The summed E-state index contributed by atoms with van der Waals surface area (Å²) in [6.07, 6.45) is 5.32. The summed E-state index contributed by atoms with van der Waals surface area (Å²) in [6.45, 7) is 0.821. The van der Waals surface area contributed by atoms with Crippen molar-refractivity contribution in [2.45, 2.75) is 6.04 Å². The number of halogens is 1. The minimum absolute atomic E-state index is 0.0770. The van der Waals surface area contributed by atoms with Gasteiger partial charge in [-0.25, -0.2) is 9.97 Å². The van der Waals surface area contributed by atoms with Crippen molar-refractivity contribution >= 4 is 17.4 Å². The lowest BCUT2D eigenvalue weighted by Gasteiger charge is -2.22. The number of likely N-dealkylation sites (N-methyl/N-ethyl adjacent to an activating group) is 1. The van der Waals surface area contributed by atoms with Gasteiger partial charge in [0.05, 0.1) is 23.5 Å². The minimum Gasteiger partial charge on any atom is -0.383 e. The molecule has 0 fully saturated rings. The predicted molar refractivity (Wildman–Crippen MR) is 121 cm³/mol. The van der Waals surface area contributed by atoms with Crippen molar-refractivity contribution in [3.63, 3.8) is 0 Å². The van der Waals surface area contributed by atoms with E-state index in [0.717, 1.165) is 28.9 Å². The summed E-state index contributed by atoms with van der Waals surface area (Å²) in [4.78, 5) is 10.9. The molecule has 2 heterocycles. The monoisotopic (exact) mass is 418 g/mol. The van der Waals surface area contributed by atoms with Crippen LogP contribution in [0.5, 0.6) is 0 Å². The zero-order valence-corrected chi connectivity index (χ0v) is 17.7. The Morgan fingerprint density at radius 3 is 2.43 bits per heavy atom. The maximum Gasteiger partial charge on any atom is 0.135 e. The second-order valence-corrected chi connectivity index (χ2v) is 7.82. The van der Waals surface area contributed by atoms with Gasteiger partial charge in [0.1, 0.15) is 12.1 Å². The predicted octanol–water partition coefficient (Wildman–Crippen LogP) is 4.39. The van der Waals surface area contributed by atoms with Crippen molar-refractivity contribution in [1.82, 2.24) is 24.6 Å². The molecule has 0 unspecified atom stereocenters. The van der Waals surface area contributed by atoms with Crippen LogP contribution >= 0.6 is 11.6 Å². The van der Waals surface area contributed by atoms with Gasteiger partial charge in [-0.1, -0.05) is 54.1 Å². The van der Waals surface area contributed by atoms with Crippen molar-refractivity contribution < 1.29 is 0 Å². The molecule has 0 saturated heterocycles. The summed E-state index contributed by atoms with van der Waals surface area (Å²) in [5, 5.41) is 5.33. The van der Waals surface area contributed by atoms with Gasteiger partial charge in [0.15, 0.2) is 0 Å². The third-order valence-corrected chi connectivity index (χ3v) is 5.18. The number of anilines is 1. The van der Waals surface area contributed by atoms with Crippen molar-refractivity contribution in [2.24, 2.45) is 0 Å². The zero-order chi connectivity index (χ0) is 21.1. The Labute approximate surface area is 181 Å². The molecule has 6 nitrogen and oxygen atoms in total. The molecule has 4 aromatic rings. The molecule has 0 amide bonds. The van der Waals surface area contributed by atoms with Crippen LogP contribution in [0.4, 0.5) is 5.82 Å². The molecule has 2 N–H and O–H groups in total. The first-order chi connectivity index (χ1) is 14.5. The Hall–Kier alpha value is -3.22. The molecule has 0 spiro atoms. The smallest absolute Gasteiger partial charge is 0.135 e. The number of hydrogen-bond donors (Lipinski definition) is 1. The van der Waals surface area contributed by atoms with E-state index in [1.165, 1.54) is 11.9 Å². The van der Waals surface area contributed by atoms with Crippen molar-refractivity contribution in [1.29, 1.82) is 0 Å². The lowest BCUT2D eigenvalue weighted by Crippen LogP contribution is -2.25. The largest absolute Gasteiger partial charge is 0.383 e. The van der Waals surface area contributed by atoms with Gasteiger partial charge < -0.3 is 10.6 Å². The summed E-state index contributed by atoms with van der Waals surface area (Å²) >= 11 is 6.05. The van der Waals surface area contributed by atoms with Crippen LogP contribution in [0, 0.1) is 0 Å². The van der Waals surface area contributed by atoms with Crippen LogP contribution in [0.2, 0.25) is 5.02 Å². The SMILES string of the molecule is CN(C)C[C@@H](c1ccccc1)n1cc(-c2ncnc(N)c2-c2ccc(Cl)cc2)cn1. The quantitative estimate of drug-likeness (QED) is 0.502. The molecule has 7 heteroatoms. The number of hydrogen-bond acceptors (Lipinski definition) is 5. The molecule has 152 valence electrons. The molecule has 0 aliphatic rings. The fourth-order valence-corrected chi connectivity index (χ4v) is 3.64. The van der Waals surface area contributed by atoms with Gasteiger partial charge >= 0.3 is 0 Å². The van der Waals surface area contributed by atoms with E-state index in [-0.39, 0.29) is 6.04 Å². The highest BCUT2D eigenvalue weighted by molar-refractivity contribution is 6.30. The van der Waals surface area contributed by atoms with E-state index in [1.54, 1.807) is 0 Å². The first kappa shape index (κ1) is 20.1. The third-order valence-electron chi connectivity index (χ3n) is 4.93. The number of aromatic nitrogens is 4. The van der Waals surface area contributed by atoms with Gasteiger partial charge in [0, 0.05) is 23.3 Å². The van der Waals surface area contributed by atoms with E-state index in [1.807, 2.05) is 59.5 Å². The highest BCUT2D eigenvalue weighted by Crippen LogP contribution is 2.34. The van der Waals surface area contributed by atoms with Gasteiger partial charge in [0.25, 0.3) is 0 Å². The van der Waals surface area contributed by atoms with E-state index >= 15 is 0 Å². The Kier molecular flexibility index (Phi) is 5.79. The number of nitrogen functional groups attached to an aromatic ring is 1. The van der Waals surface area contributed by atoms with Crippen LogP contribution in [0.3, 0.4) is 0 Å². The molecule has 1 atom stereocenters. The first-order valence-electron chi connectivity index (χ1n) is 9.63. The van der Waals surface area contributed by atoms with Crippen molar-refractivity contribution in [3.05, 3.63) is 83.9 Å². The van der Waals surface area contributed by atoms with E-state index in [0.29, 0.717) is 10.8 Å². The summed E-state index contributed by atoms with van der Waals surface area (Å²) in [5.74, 6) is 0.419. The minimum atomic E-state index is 0.0770. The average molecular weight is 419 g/mol. The summed E-state index contributed by atoms with van der Waals surface area (Å²) in [6, 6.07) is 17.9. The molecular formula is C23H23ClN6. The molecule has 2 aromatic heterocycles. The van der Waals surface area contributed by atoms with Crippen molar-refractivity contribution in [2.75, 3.05) is 26.4 Å². The number of rotatable bonds is 6. The van der Waals surface area contributed by atoms with Crippen LogP contribution in [-0.4, -0.2) is 45.3 Å². The molecule has 0 bridgehead atoms. The Bertz CT molecular complexity index is 1120. The highest BCUT2D eigenvalue weighted by Gasteiger charge is 2.19. The van der Waals surface area contributed by atoms with E-state index in [9.17, 15) is 0 Å².